The van der Waals surface area contributed by atoms with Crippen LogP contribution in [0, 0.1) is 13.8 Å². The first-order valence-electron chi connectivity index (χ1n) is 15.1. The average molecular weight is 647 g/mol. The zero-order chi connectivity index (χ0) is 32.8. The van der Waals surface area contributed by atoms with E-state index in [1.807, 2.05) is 69.4 Å². The number of aromatic nitrogens is 2. The van der Waals surface area contributed by atoms with Crippen molar-refractivity contribution >= 4 is 27.6 Å². The van der Waals surface area contributed by atoms with Gasteiger partial charge in [0, 0.05) is 35.9 Å². The number of ether oxygens (including phenoxy) is 2. The number of hydrogen-bond donors (Lipinski definition) is 2. The summed E-state index contributed by atoms with van der Waals surface area (Å²) in [6, 6.07) is 18.6. The van der Waals surface area contributed by atoms with Gasteiger partial charge in [0.1, 0.15) is 11.9 Å². The number of carbonyl (C=O) groups is 2. The van der Waals surface area contributed by atoms with Gasteiger partial charge in [0.15, 0.2) is 5.75 Å². The molecule has 2 N–H and O–H groups in total. The van der Waals surface area contributed by atoms with E-state index in [0.29, 0.717) is 43.9 Å². The number of benzene rings is 3. The van der Waals surface area contributed by atoms with E-state index in [1.54, 1.807) is 34.0 Å². The third kappa shape index (κ3) is 8.12. The molecule has 4 aromatic rings. The zero-order valence-corrected chi connectivity index (χ0v) is 26.9. The number of carbonyl (C=O) groups excluding carboxylic acids is 2. The number of amides is 2. The summed E-state index contributed by atoms with van der Waals surface area (Å²) >= 11 is 0. The summed E-state index contributed by atoms with van der Waals surface area (Å²) in [6.45, 7) is 7.11. The van der Waals surface area contributed by atoms with E-state index in [2.05, 4.69) is 10.4 Å². The monoisotopic (exact) mass is 646 g/mol. The second-order valence-corrected chi connectivity index (χ2v) is 13.0. The summed E-state index contributed by atoms with van der Waals surface area (Å²) in [4.78, 5) is 27.7. The molecule has 0 aliphatic carbocycles. The van der Waals surface area contributed by atoms with E-state index in [9.17, 15) is 18.0 Å². The molecule has 5 rings (SSSR count). The highest BCUT2D eigenvalue weighted by Crippen LogP contribution is 2.42. The van der Waals surface area contributed by atoms with Crippen molar-refractivity contribution in [3.63, 3.8) is 0 Å². The Balaban J connectivity index is 1.25. The number of aryl methyl sites for hydroxylation is 1. The van der Waals surface area contributed by atoms with Crippen molar-refractivity contribution < 1.29 is 32.0 Å². The second-order valence-electron chi connectivity index (χ2n) is 11.4. The van der Waals surface area contributed by atoms with Crippen LogP contribution in [0.15, 0.2) is 73.1 Å². The fraction of sp³-hybridized carbons (Fsp3) is 0.324. The van der Waals surface area contributed by atoms with Gasteiger partial charge in [0.25, 0.3) is 16.0 Å². The quantitative estimate of drug-likeness (QED) is 0.165. The van der Waals surface area contributed by atoms with Crippen molar-refractivity contribution in [2.24, 2.45) is 0 Å². The molecule has 2 heterocycles. The molecule has 0 saturated carbocycles. The molecule has 242 valence electrons. The van der Waals surface area contributed by atoms with Crippen molar-refractivity contribution in [1.29, 1.82) is 0 Å². The van der Waals surface area contributed by atoms with E-state index < -0.39 is 21.8 Å². The first kappa shape index (κ1) is 32.7. The smallest absolute Gasteiger partial charge is 0.266 e. The fourth-order valence-electron chi connectivity index (χ4n) is 5.32. The Kier molecular flexibility index (Phi) is 10.1. The van der Waals surface area contributed by atoms with Crippen LogP contribution in [0.3, 0.4) is 0 Å². The summed E-state index contributed by atoms with van der Waals surface area (Å²) in [6.07, 6.45) is 4.35. The minimum absolute atomic E-state index is 0.00992. The molecule has 0 bridgehead atoms. The Bertz CT molecular complexity index is 1840. The molecular weight excluding hydrogens is 608 g/mol. The highest BCUT2D eigenvalue weighted by atomic mass is 32.2. The van der Waals surface area contributed by atoms with Crippen LogP contribution in [0.4, 0.5) is 5.69 Å². The van der Waals surface area contributed by atoms with Crippen LogP contribution in [0.5, 0.6) is 11.5 Å². The molecular formula is C34H38N4O7S. The minimum atomic E-state index is -4.16. The van der Waals surface area contributed by atoms with Gasteiger partial charge in [-0.05, 0) is 68.1 Å². The maximum absolute atomic E-state index is 13.4. The first-order valence-corrected chi connectivity index (χ1v) is 16.7. The van der Waals surface area contributed by atoms with Gasteiger partial charge in [-0.25, -0.2) is 0 Å². The standard InChI is InChI=1S/C34H38N4O7S/c1-23-8-4-13-31(25(23)3)44-16-7-14-32(39)38-20-24(2)45-33-29(11-6-12-30(33)38)28-19-36-37(22-28)21-26-9-5-10-27(18-26)34(40)35-15-17-46(41,42)43/h4-6,8-13,18-19,22,24H,7,14-17,20-21H2,1-3H3,(H,35,40)(H,41,42,43). The normalized spacial score (nSPS) is 14.3. The Labute approximate surface area is 268 Å². The van der Waals surface area contributed by atoms with Crippen molar-refractivity contribution in [2.45, 2.75) is 46.3 Å². The van der Waals surface area contributed by atoms with Crippen LogP contribution < -0.4 is 19.7 Å². The SMILES string of the molecule is Cc1cccc(OCCCC(=O)N2CC(C)Oc3c(-c4cnn(Cc5cccc(C(=O)NCCS(=O)(=O)O)c5)c4)cccc32)c1C. The lowest BCUT2D eigenvalue weighted by atomic mass is 10.0. The molecule has 2 amide bonds. The summed E-state index contributed by atoms with van der Waals surface area (Å²) in [5.41, 5.74) is 5.81. The highest BCUT2D eigenvalue weighted by Gasteiger charge is 2.29. The number of para-hydroxylation sites is 1. The number of fused-ring (bicyclic) bond motifs is 1. The van der Waals surface area contributed by atoms with Crippen LogP contribution in [-0.2, 0) is 21.5 Å². The van der Waals surface area contributed by atoms with E-state index in [0.717, 1.165) is 33.7 Å². The lowest BCUT2D eigenvalue weighted by Gasteiger charge is -2.34. The number of hydrogen-bond acceptors (Lipinski definition) is 7. The molecule has 1 aliphatic rings. The van der Waals surface area contributed by atoms with Crippen LogP contribution in [-0.4, -0.2) is 66.1 Å². The predicted molar refractivity (Wildman–Crippen MR) is 175 cm³/mol. The van der Waals surface area contributed by atoms with Crippen LogP contribution in [0.1, 0.15) is 46.8 Å². The average Bonchev–Trinajstić information content (AvgIpc) is 3.48. The maximum Gasteiger partial charge on any atom is 0.266 e. The van der Waals surface area contributed by atoms with Crippen molar-refractivity contribution in [3.05, 3.63) is 95.3 Å². The Morgan fingerprint density at radius 1 is 1.11 bits per heavy atom. The fourth-order valence-corrected chi connectivity index (χ4v) is 5.68. The Hall–Kier alpha value is -4.68. The van der Waals surface area contributed by atoms with E-state index in [-0.39, 0.29) is 18.6 Å². The summed E-state index contributed by atoms with van der Waals surface area (Å²) in [7, 11) is -4.16. The Morgan fingerprint density at radius 3 is 2.70 bits per heavy atom. The van der Waals surface area contributed by atoms with Gasteiger partial charge in [-0.2, -0.15) is 13.5 Å². The molecule has 0 fully saturated rings. The summed E-state index contributed by atoms with van der Waals surface area (Å²) < 4.78 is 44.7. The molecule has 0 saturated heterocycles. The van der Waals surface area contributed by atoms with Gasteiger partial charge in [0.2, 0.25) is 5.91 Å². The van der Waals surface area contributed by atoms with Gasteiger partial charge >= 0.3 is 0 Å². The molecule has 3 aromatic carbocycles. The van der Waals surface area contributed by atoms with Crippen LogP contribution in [0.2, 0.25) is 0 Å². The van der Waals surface area contributed by atoms with E-state index >= 15 is 0 Å². The first-order chi connectivity index (χ1) is 22.0. The number of nitrogens with zero attached hydrogens (tertiary/aromatic N) is 3. The molecule has 1 aromatic heterocycles. The summed E-state index contributed by atoms with van der Waals surface area (Å²) in [5.74, 6) is 0.479. The molecule has 0 spiro atoms. The zero-order valence-electron chi connectivity index (χ0n) is 26.1. The second kappa shape index (κ2) is 14.2. The van der Waals surface area contributed by atoms with Gasteiger partial charge in [-0.3, -0.25) is 18.8 Å². The molecule has 0 radical (unpaired) electrons. The minimum Gasteiger partial charge on any atom is -0.493 e. The van der Waals surface area contributed by atoms with Crippen molar-refractivity contribution in [1.82, 2.24) is 15.1 Å². The van der Waals surface area contributed by atoms with Crippen molar-refractivity contribution in [2.75, 3.05) is 30.3 Å². The lowest BCUT2D eigenvalue weighted by molar-refractivity contribution is -0.119. The predicted octanol–water partition coefficient (Wildman–Crippen LogP) is 4.81. The van der Waals surface area contributed by atoms with Gasteiger partial charge < -0.3 is 19.7 Å². The molecule has 1 unspecified atom stereocenters. The highest BCUT2D eigenvalue weighted by molar-refractivity contribution is 7.85. The van der Waals surface area contributed by atoms with E-state index in [4.69, 9.17) is 14.0 Å². The molecule has 1 atom stereocenters. The van der Waals surface area contributed by atoms with Gasteiger partial charge in [-0.15, -0.1) is 0 Å². The third-order valence-electron chi connectivity index (χ3n) is 7.82. The molecule has 46 heavy (non-hydrogen) atoms. The van der Waals surface area contributed by atoms with Gasteiger partial charge in [0.05, 0.1) is 37.3 Å². The largest absolute Gasteiger partial charge is 0.493 e. The van der Waals surface area contributed by atoms with Gasteiger partial charge in [-0.1, -0.05) is 36.4 Å². The summed E-state index contributed by atoms with van der Waals surface area (Å²) in [5, 5.41) is 7.01. The topological polar surface area (TPSA) is 140 Å². The Morgan fingerprint density at radius 2 is 1.89 bits per heavy atom. The van der Waals surface area contributed by atoms with Crippen LogP contribution >= 0.6 is 0 Å². The molecule has 11 nitrogen and oxygen atoms in total. The van der Waals surface area contributed by atoms with Crippen LogP contribution in [0.25, 0.3) is 11.1 Å². The third-order valence-corrected chi connectivity index (χ3v) is 8.54. The number of rotatable bonds is 12. The number of nitrogens with one attached hydrogen (secondary N) is 1. The maximum atomic E-state index is 13.4. The number of anilines is 1. The van der Waals surface area contributed by atoms with Crippen molar-refractivity contribution in [3.8, 4) is 22.6 Å². The molecule has 12 heteroatoms. The van der Waals surface area contributed by atoms with E-state index in [1.165, 1.54) is 5.56 Å². The molecule has 1 aliphatic heterocycles. The lowest BCUT2D eigenvalue weighted by Crippen LogP contribution is -2.42.